The summed E-state index contributed by atoms with van der Waals surface area (Å²) in [7, 11) is -3.34. The van der Waals surface area contributed by atoms with E-state index in [2.05, 4.69) is 15.3 Å². The topological polar surface area (TPSA) is 78.4 Å². The Kier molecular flexibility index (Phi) is 6.41. The summed E-state index contributed by atoms with van der Waals surface area (Å²) in [6.45, 7) is 5.84. The smallest absolute Gasteiger partial charge is 0.281 e. The molecule has 0 aliphatic carbocycles. The van der Waals surface area contributed by atoms with E-state index in [4.69, 9.17) is 0 Å². The highest BCUT2D eigenvalue weighted by molar-refractivity contribution is 7.86. The van der Waals surface area contributed by atoms with Crippen molar-refractivity contribution < 1.29 is 8.42 Å². The average molecular weight is 390 g/mol. The molecule has 1 fully saturated rings. The Morgan fingerprint density at radius 1 is 1.11 bits per heavy atom. The minimum atomic E-state index is -3.34. The number of anilines is 2. The fourth-order valence-corrected chi connectivity index (χ4v) is 5.05. The van der Waals surface area contributed by atoms with Crippen molar-refractivity contribution in [3.05, 3.63) is 48.4 Å². The molecule has 0 radical (unpaired) electrons. The lowest BCUT2D eigenvalue weighted by molar-refractivity contribution is 0.289. The number of pyridine rings is 2. The van der Waals surface area contributed by atoms with E-state index in [1.807, 2.05) is 50.4 Å². The van der Waals surface area contributed by atoms with Gasteiger partial charge in [0.25, 0.3) is 10.2 Å². The average Bonchev–Trinajstić information content (AvgIpc) is 2.70. The van der Waals surface area contributed by atoms with Crippen LogP contribution in [0, 0.1) is 0 Å². The molecule has 2 aromatic heterocycles. The maximum absolute atomic E-state index is 12.6. The first-order valence-electron chi connectivity index (χ1n) is 9.43. The summed E-state index contributed by atoms with van der Waals surface area (Å²) in [6, 6.07) is 9.72. The fraction of sp³-hybridized carbons (Fsp3) is 0.474. The van der Waals surface area contributed by atoms with Crippen LogP contribution < -0.4 is 5.32 Å². The molecule has 0 saturated carbocycles. The predicted molar refractivity (Wildman–Crippen MR) is 107 cm³/mol. The molecule has 1 aliphatic heterocycles. The molecule has 2 aromatic rings. The minimum absolute atomic E-state index is 0.289. The highest BCUT2D eigenvalue weighted by atomic mass is 32.2. The van der Waals surface area contributed by atoms with Gasteiger partial charge in [0.2, 0.25) is 0 Å². The van der Waals surface area contributed by atoms with Gasteiger partial charge in [-0.2, -0.15) is 17.0 Å². The molecule has 7 nitrogen and oxygen atoms in total. The van der Waals surface area contributed by atoms with Crippen LogP contribution in [0.1, 0.15) is 38.3 Å². The van der Waals surface area contributed by atoms with Gasteiger partial charge < -0.3 is 5.32 Å². The number of piperidine rings is 1. The van der Waals surface area contributed by atoms with Crippen molar-refractivity contribution in [1.82, 2.24) is 18.6 Å². The first-order chi connectivity index (χ1) is 13.0. The van der Waals surface area contributed by atoms with E-state index < -0.39 is 10.2 Å². The molecule has 3 heterocycles. The van der Waals surface area contributed by atoms with Gasteiger partial charge in [-0.25, -0.2) is 4.98 Å². The highest BCUT2D eigenvalue weighted by Gasteiger charge is 2.32. The predicted octanol–water partition coefficient (Wildman–Crippen LogP) is 2.99. The van der Waals surface area contributed by atoms with Crippen molar-refractivity contribution in [3.8, 4) is 0 Å². The molecule has 1 aliphatic rings. The second-order valence-corrected chi connectivity index (χ2v) is 8.51. The number of nitrogens with zero attached hydrogens (tertiary/aromatic N) is 4. The second-order valence-electron chi connectivity index (χ2n) is 6.58. The molecule has 27 heavy (non-hydrogen) atoms. The van der Waals surface area contributed by atoms with Gasteiger partial charge in [-0.1, -0.05) is 19.9 Å². The molecule has 1 N–H and O–H groups in total. The summed E-state index contributed by atoms with van der Waals surface area (Å²) in [4.78, 5) is 8.83. The van der Waals surface area contributed by atoms with Gasteiger partial charge in [0.15, 0.2) is 0 Å². The maximum atomic E-state index is 12.6. The summed E-state index contributed by atoms with van der Waals surface area (Å²) in [5, 5.41) is 3.22. The summed E-state index contributed by atoms with van der Waals surface area (Å²) in [6.07, 6.45) is 5.13. The molecule has 3 rings (SSSR count). The van der Waals surface area contributed by atoms with Crippen molar-refractivity contribution in [1.29, 1.82) is 0 Å². The van der Waals surface area contributed by atoms with E-state index in [1.165, 1.54) is 4.31 Å². The third-order valence-electron chi connectivity index (χ3n) is 4.95. The monoisotopic (exact) mass is 389 g/mol. The quantitative estimate of drug-likeness (QED) is 0.788. The zero-order valence-corrected chi connectivity index (χ0v) is 16.7. The number of hydrogen-bond acceptors (Lipinski definition) is 5. The highest BCUT2D eigenvalue weighted by Crippen LogP contribution is 2.29. The van der Waals surface area contributed by atoms with Gasteiger partial charge in [-0.15, -0.1) is 0 Å². The Balaban J connectivity index is 1.60. The molecule has 0 aromatic carbocycles. The van der Waals surface area contributed by atoms with Crippen LogP contribution in [-0.2, 0) is 10.2 Å². The zero-order chi connectivity index (χ0) is 19.3. The number of hydrogen-bond donors (Lipinski definition) is 1. The third kappa shape index (κ3) is 4.63. The molecular weight excluding hydrogens is 362 g/mol. The fourth-order valence-electron chi connectivity index (χ4n) is 3.40. The van der Waals surface area contributed by atoms with Gasteiger partial charge in [0, 0.05) is 44.0 Å². The van der Waals surface area contributed by atoms with E-state index in [-0.39, 0.29) is 5.92 Å². The standard InChI is InChI=1S/C19H27N5O2S/c1-3-23(4-2)27(25,26)24-13-10-16(11-14-24)18-9-8-17(15-21-18)22-19-7-5-6-12-20-19/h5-9,12,15-16H,3-4,10-11,13-14H2,1-2H3,(H,20,22). The van der Waals surface area contributed by atoms with E-state index in [9.17, 15) is 8.42 Å². The number of rotatable bonds is 7. The summed E-state index contributed by atoms with van der Waals surface area (Å²) in [5.41, 5.74) is 1.90. The molecular formula is C19H27N5O2S. The normalized spacial score (nSPS) is 16.6. The van der Waals surface area contributed by atoms with Crippen molar-refractivity contribution in [2.24, 2.45) is 0 Å². The van der Waals surface area contributed by atoms with Gasteiger partial charge >= 0.3 is 0 Å². The third-order valence-corrected chi connectivity index (χ3v) is 7.14. The molecule has 0 spiro atoms. The van der Waals surface area contributed by atoms with E-state index in [1.54, 1.807) is 10.5 Å². The summed E-state index contributed by atoms with van der Waals surface area (Å²) < 4.78 is 28.4. The van der Waals surface area contributed by atoms with Crippen LogP contribution in [0.4, 0.5) is 11.5 Å². The Morgan fingerprint density at radius 3 is 2.41 bits per heavy atom. The molecule has 8 heteroatoms. The van der Waals surface area contributed by atoms with Gasteiger partial charge in [0.05, 0.1) is 11.9 Å². The Bertz CT molecular complexity index is 815. The van der Waals surface area contributed by atoms with Crippen LogP contribution in [0.15, 0.2) is 42.7 Å². The summed E-state index contributed by atoms with van der Waals surface area (Å²) in [5.74, 6) is 1.07. The molecule has 0 unspecified atom stereocenters. The number of nitrogens with one attached hydrogen (secondary N) is 1. The lowest BCUT2D eigenvalue weighted by Gasteiger charge is -2.34. The molecule has 0 bridgehead atoms. The van der Waals surface area contributed by atoms with Crippen LogP contribution in [0.5, 0.6) is 0 Å². The zero-order valence-electron chi connectivity index (χ0n) is 15.9. The van der Waals surface area contributed by atoms with Crippen LogP contribution in [-0.4, -0.2) is 53.2 Å². The van der Waals surface area contributed by atoms with Crippen molar-refractivity contribution in [2.75, 3.05) is 31.5 Å². The molecule has 1 saturated heterocycles. The minimum Gasteiger partial charge on any atom is -0.339 e. The van der Waals surface area contributed by atoms with Crippen LogP contribution in [0.3, 0.4) is 0 Å². The van der Waals surface area contributed by atoms with Gasteiger partial charge in [-0.3, -0.25) is 4.98 Å². The number of aromatic nitrogens is 2. The lowest BCUT2D eigenvalue weighted by Crippen LogP contribution is -2.46. The second kappa shape index (κ2) is 8.77. The first-order valence-corrected chi connectivity index (χ1v) is 10.8. The van der Waals surface area contributed by atoms with Gasteiger partial charge in [-0.05, 0) is 37.1 Å². The Labute approximate surface area is 161 Å². The van der Waals surface area contributed by atoms with E-state index >= 15 is 0 Å². The van der Waals surface area contributed by atoms with Gasteiger partial charge in [0.1, 0.15) is 5.82 Å². The van der Waals surface area contributed by atoms with Crippen LogP contribution in [0.2, 0.25) is 0 Å². The largest absolute Gasteiger partial charge is 0.339 e. The molecule has 0 amide bonds. The van der Waals surface area contributed by atoms with Crippen LogP contribution in [0.25, 0.3) is 0 Å². The SMILES string of the molecule is CCN(CC)S(=O)(=O)N1CCC(c2ccc(Nc3ccccn3)cn2)CC1. The van der Waals surface area contributed by atoms with Crippen molar-refractivity contribution in [3.63, 3.8) is 0 Å². The lowest BCUT2D eigenvalue weighted by atomic mass is 9.94. The molecule has 0 atom stereocenters. The van der Waals surface area contributed by atoms with Crippen molar-refractivity contribution >= 4 is 21.7 Å². The Morgan fingerprint density at radius 2 is 1.85 bits per heavy atom. The first kappa shape index (κ1) is 19.7. The molecule has 146 valence electrons. The van der Waals surface area contributed by atoms with E-state index in [0.29, 0.717) is 26.2 Å². The van der Waals surface area contributed by atoms with E-state index in [0.717, 1.165) is 30.0 Å². The van der Waals surface area contributed by atoms with Crippen LogP contribution >= 0.6 is 0 Å². The van der Waals surface area contributed by atoms with Crippen molar-refractivity contribution in [2.45, 2.75) is 32.6 Å². The Hall–Kier alpha value is -2.03. The maximum Gasteiger partial charge on any atom is 0.281 e. The summed E-state index contributed by atoms with van der Waals surface area (Å²) >= 11 is 0.